The van der Waals surface area contributed by atoms with Crippen LogP contribution in [-0.2, 0) is 72.0 Å². The van der Waals surface area contributed by atoms with Crippen molar-refractivity contribution in [3.8, 4) is 0 Å². The van der Waals surface area contributed by atoms with Crippen LogP contribution in [0, 0.1) is 12.8 Å². The van der Waals surface area contributed by atoms with Gasteiger partial charge in [0.25, 0.3) is 0 Å². The SMILES string of the molecule is CCCCCCCC[CH-]C[CH-]COS(=O)(=O)O.O=C(O)CC(O)C(=O)OC(CC(=O)O)(CC(=O)O)C(=O)O.O=C(O)CC(O)C(=O)OC(CC(=O)O)(CC(=O)O)C(=O)O.[Na+].[Na+]. The molecule has 0 fully saturated rings. The van der Waals surface area contributed by atoms with E-state index in [1.807, 2.05) is 0 Å². The molecule has 0 aliphatic carbocycles. The zero-order valence-electron chi connectivity index (χ0n) is 33.4. The number of aliphatic carboxylic acids is 8. The zero-order valence-corrected chi connectivity index (χ0v) is 38.2. The van der Waals surface area contributed by atoms with Crippen molar-refractivity contribution in [3.05, 3.63) is 12.8 Å². The molecule has 340 valence electrons. The molecule has 0 aliphatic rings. The van der Waals surface area contributed by atoms with Crippen LogP contribution in [0.1, 0.15) is 96.8 Å². The average molecular weight is 927 g/mol. The molecule has 0 spiro atoms. The van der Waals surface area contributed by atoms with Gasteiger partial charge in [0, 0.05) is 0 Å². The molecule has 0 saturated carbocycles. The molecule has 2 atom stereocenters. The summed E-state index contributed by atoms with van der Waals surface area (Å²) in [6.45, 7) is 2.14. The van der Waals surface area contributed by atoms with Crippen molar-refractivity contribution in [2.24, 2.45) is 0 Å². The van der Waals surface area contributed by atoms with Gasteiger partial charge in [0.15, 0.2) is 12.2 Å². The summed E-state index contributed by atoms with van der Waals surface area (Å²) in [7, 11) is -4.28. The molecular formula is C32H48Na2O26S. The van der Waals surface area contributed by atoms with Crippen LogP contribution in [0.5, 0.6) is 0 Å². The van der Waals surface area contributed by atoms with Crippen molar-refractivity contribution in [1.29, 1.82) is 0 Å². The summed E-state index contributed by atoms with van der Waals surface area (Å²) in [6, 6.07) is 0. The Morgan fingerprint density at radius 2 is 0.869 bits per heavy atom. The van der Waals surface area contributed by atoms with Gasteiger partial charge in [-0.3, -0.25) is 37.5 Å². The number of hydrogen-bond acceptors (Lipinski definition) is 17. The van der Waals surface area contributed by atoms with E-state index < -0.39 is 132 Å². The maximum atomic E-state index is 11.4. The maximum Gasteiger partial charge on any atom is 1.00 e. The predicted molar refractivity (Wildman–Crippen MR) is 187 cm³/mol. The first-order valence-electron chi connectivity index (χ1n) is 16.9. The molecule has 0 aromatic rings. The van der Waals surface area contributed by atoms with Crippen LogP contribution >= 0.6 is 0 Å². The number of carboxylic acids is 8. The monoisotopic (exact) mass is 926 g/mol. The molecule has 0 saturated heterocycles. The number of carbonyl (C=O) groups excluding carboxylic acids is 2. The van der Waals surface area contributed by atoms with Crippen molar-refractivity contribution in [3.63, 3.8) is 0 Å². The number of aliphatic hydroxyl groups is 2. The summed E-state index contributed by atoms with van der Waals surface area (Å²) in [5.74, 6) is -17.9. The number of unbranched alkanes of at least 4 members (excludes halogenated alkanes) is 9. The molecule has 2 unspecified atom stereocenters. The number of esters is 2. The molecule has 0 aromatic carbocycles. The predicted octanol–water partition coefficient (Wildman–Crippen LogP) is -6.36. The van der Waals surface area contributed by atoms with E-state index in [9.17, 15) is 56.4 Å². The minimum absolute atomic E-state index is 0. The molecule has 0 aromatic heterocycles. The third-order valence-corrected chi connectivity index (χ3v) is 7.26. The van der Waals surface area contributed by atoms with Gasteiger partial charge in [-0.15, -0.1) is 0 Å². The second kappa shape index (κ2) is 35.0. The van der Waals surface area contributed by atoms with Gasteiger partial charge in [0.2, 0.25) is 11.2 Å². The van der Waals surface area contributed by atoms with Crippen LogP contribution in [0.2, 0.25) is 0 Å². The quantitative estimate of drug-likeness (QED) is 0.0105. The van der Waals surface area contributed by atoms with Gasteiger partial charge in [-0.25, -0.2) is 19.2 Å². The Hall–Kier alpha value is -3.51. The molecule has 11 N–H and O–H groups in total. The molecule has 61 heavy (non-hydrogen) atoms. The number of carboxylic acid groups (broad SMARTS) is 8. The summed E-state index contributed by atoms with van der Waals surface area (Å²) in [4.78, 5) is 108. The number of hydrogen-bond donors (Lipinski definition) is 11. The minimum atomic E-state index is -4.28. The standard InChI is InChI=1S/C12H24O4S.2C10H12O11.2Na/c1-2-3-4-5-6-7-8-9-10-11-12-16-17(13,14)15;2*11-4(1-5(12)13)8(18)21-10(9(19)20,2-6(14)15)3-7(16)17;;/h9,11H,2-8,10,12H2,1H3,(H,13,14,15);2*4,11H,1-3H2,(H,12,13)(H,14,15)(H,16,17)(H,19,20);;/q-2;;;2*+1. The Balaban J connectivity index is -0.000000255. The molecule has 0 rings (SSSR count). The molecular weight excluding hydrogens is 878 g/mol. The Kier molecular flexibility index (Phi) is 38.2. The van der Waals surface area contributed by atoms with E-state index in [-0.39, 0.29) is 65.7 Å². The van der Waals surface area contributed by atoms with Gasteiger partial charge < -0.3 is 79.8 Å². The Labute approximate surface area is 392 Å². The largest absolute Gasteiger partial charge is 1.00 e. The molecule has 0 bridgehead atoms. The Morgan fingerprint density at radius 1 is 0.541 bits per heavy atom. The van der Waals surface area contributed by atoms with Crippen LogP contribution in [-0.4, -0.2) is 154 Å². The molecule has 0 radical (unpaired) electrons. The first-order chi connectivity index (χ1) is 27.1. The van der Waals surface area contributed by atoms with Crippen LogP contribution in [0.15, 0.2) is 0 Å². The molecule has 0 amide bonds. The summed E-state index contributed by atoms with van der Waals surface area (Å²) in [5, 5.41) is 87.3. The second-order valence-corrected chi connectivity index (χ2v) is 13.1. The number of aliphatic hydroxyl groups excluding tert-OH is 2. The van der Waals surface area contributed by atoms with E-state index in [4.69, 9.17) is 55.6 Å². The van der Waals surface area contributed by atoms with Gasteiger partial charge >= 0.3 is 129 Å². The zero-order chi connectivity index (χ0) is 46.6. The van der Waals surface area contributed by atoms with Crippen molar-refractivity contribution in [2.45, 2.75) is 120 Å². The van der Waals surface area contributed by atoms with Gasteiger partial charge in [-0.1, -0.05) is 52.1 Å². The number of rotatable bonds is 30. The molecule has 0 heterocycles. The minimum Gasteiger partial charge on any atom is -0.481 e. The van der Waals surface area contributed by atoms with Gasteiger partial charge in [-0.05, 0) is 0 Å². The van der Waals surface area contributed by atoms with Crippen LogP contribution in [0.4, 0.5) is 0 Å². The van der Waals surface area contributed by atoms with Crippen LogP contribution in [0.3, 0.4) is 0 Å². The molecule has 26 nitrogen and oxygen atoms in total. The summed E-state index contributed by atoms with van der Waals surface area (Å²) >= 11 is 0. The van der Waals surface area contributed by atoms with Crippen molar-refractivity contribution in [2.75, 3.05) is 6.61 Å². The topological polar surface area (TPSA) is 455 Å². The van der Waals surface area contributed by atoms with Crippen molar-refractivity contribution >= 4 is 70.1 Å². The second-order valence-electron chi connectivity index (χ2n) is 12.0. The van der Waals surface area contributed by atoms with Crippen molar-refractivity contribution in [1.82, 2.24) is 0 Å². The van der Waals surface area contributed by atoms with E-state index in [2.05, 4.69) is 27.0 Å². The van der Waals surface area contributed by atoms with Crippen molar-refractivity contribution < 1.29 is 185 Å². The summed E-state index contributed by atoms with van der Waals surface area (Å²) in [5.41, 5.74) is -5.90. The first-order valence-corrected chi connectivity index (χ1v) is 18.3. The first kappa shape index (κ1) is 66.6. The summed E-state index contributed by atoms with van der Waals surface area (Å²) < 4.78 is 41.4. The van der Waals surface area contributed by atoms with Gasteiger partial charge in [0.1, 0.15) is 0 Å². The van der Waals surface area contributed by atoms with Crippen LogP contribution < -0.4 is 59.1 Å². The maximum absolute atomic E-state index is 11.4. The number of ether oxygens (including phenoxy) is 2. The fourth-order valence-corrected chi connectivity index (χ4v) is 4.43. The fraction of sp³-hybridized carbons (Fsp3) is 0.625. The average Bonchev–Trinajstić information content (AvgIpc) is 3.05. The van der Waals surface area contributed by atoms with Gasteiger partial charge in [-0.2, -0.15) is 14.8 Å². The van der Waals surface area contributed by atoms with E-state index in [1.165, 1.54) is 38.5 Å². The van der Waals surface area contributed by atoms with E-state index >= 15 is 0 Å². The van der Waals surface area contributed by atoms with E-state index in [1.54, 1.807) is 6.42 Å². The summed E-state index contributed by atoms with van der Waals surface area (Å²) in [6.07, 6.45) is 0.976. The normalized spacial score (nSPS) is 11.7. The van der Waals surface area contributed by atoms with E-state index in [0.717, 1.165) is 6.42 Å². The smallest absolute Gasteiger partial charge is 0.481 e. The van der Waals surface area contributed by atoms with E-state index in [0.29, 0.717) is 6.42 Å². The third kappa shape index (κ3) is 35.8. The Morgan fingerprint density at radius 3 is 1.15 bits per heavy atom. The molecule has 29 heteroatoms. The fourth-order valence-electron chi connectivity index (χ4n) is 4.16. The van der Waals surface area contributed by atoms with Crippen LogP contribution in [0.25, 0.3) is 0 Å². The molecule has 0 aliphatic heterocycles. The third-order valence-electron chi connectivity index (χ3n) is 6.83. The van der Waals surface area contributed by atoms with Gasteiger partial charge in [0.05, 0.1) is 38.5 Å². The number of carbonyl (C=O) groups is 10. The Bertz CT molecular complexity index is 1430.